The molecule has 0 aliphatic heterocycles. The van der Waals surface area contributed by atoms with Crippen molar-refractivity contribution in [1.82, 2.24) is 9.97 Å². The number of benzene rings is 2. The number of halogens is 2. The summed E-state index contributed by atoms with van der Waals surface area (Å²) in [6.45, 7) is 5.59. The Bertz CT molecular complexity index is 1000. The third kappa shape index (κ3) is 4.25. The standard InChI is InChI=1S/C20H18F2N4O/c1-11-7-8-14(9-12(11)2)24-19(27)17-10-13(3)23-20(25-17)26-18-15(21)5-4-6-16(18)22/h4-10H,1-3H3,(H,24,27)(H,23,25,26). The van der Waals surface area contributed by atoms with E-state index in [-0.39, 0.29) is 17.3 Å². The van der Waals surface area contributed by atoms with Crippen molar-refractivity contribution in [2.24, 2.45) is 0 Å². The third-order valence-electron chi connectivity index (χ3n) is 4.05. The van der Waals surface area contributed by atoms with Crippen molar-refractivity contribution < 1.29 is 13.6 Å². The number of amides is 1. The van der Waals surface area contributed by atoms with Crippen LogP contribution in [-0.4, -0.2) is 15.9 Å². The average Bonchev–Trinajstić information content (AvgIpc) is 2.61. The van der Waals surface area contributed by atoms with Gasteiger partial charge in [0.15, 0.2) is 0 Å². The molecule has 0 saturated heterocycles. The van der Waals surface area contributed by atoms with Gasteiger partial charge in [-0.15, -0.1) is 0 Å². The highest BCUT2D eigenvalue weighted by molar-refractivity contribution is 6.03. The number of aryl methyl sites for hydroxylation is 3. The molecule has 138 valence electrons. The average molecular weight is 368 g/mol. The summed E-state index contributed by atoms with van der Waals surface area (Å²) in [5.74, 6) is -2.06. The summed E-state index contributed by atoms with van der Waals surface area (Å²) < 4.78 is 27.6. The van der Waals surface area contributed by atoms with E-state index in [2.05, 4.69) is 20.6 Å². The van der Waals surface area contributed by atoms with Crippen molar-refractivity contribution in [2.45, 2.75) is 20.8 Å². The van der Waals surface area contributed by atoms with Gasteiger partial charge in [-0.1, -0.05) is 12.1 Å². The number of nitrogens with zero attached hydrogens (tertiary/aromatic N) is 2. The number of carbonyl (C=O) groups excluding carboxylic acids is 1. The summed E-state index contributed by atoms with van der Waals surface area (Å²) in [7, 11) is 0. The summed E-state index contributed by atoms with van der Waals surface area (Å²) in [4.78, 5) is 20.7. The van der Waals surface area contributed by atoms with Crippen LogP contribution in [0.1, 0.15) is 27.3 Å². The summed E-state index contributed by atoms with van der Waals surface area (Å²) >= 11 is 0. The highest BCUT2D eigenvalue weighted by Crippen LogP contribution is 2.22. The first-order chi connectivity index (χ1) is 12.8. The maximum Gasteiger partial charge on any atom is 0.274 e. The van der Waals surface area contributed by atoms with Crippen LogP contribution in [0.4, 0.5) is 26.1 Å². The van der Waals surface area contributed by atoms with Crippen molar-refractivity contribution in [1.29, 1.82) is 0 Å². The Balaban J connectivity index is 1.86. The number of para-hydroxylation sites is 1. The molecule has 0 atom stereocenters. The predicted octanol–water partition coefficient (Wildman–Crippen LogP) is 4.68. The molecule has 5 nitrogen and oxygen atoms in total. The first kappa shape index (κ1) is 18.4. The summed E-state index contributed by atoms with van der Waals surface area (Å²) in [5, 5.41) is 5.27. The van der Waals surface area contributed by atoms with Gasteiger partial charge in [-0.25, -0.2) is 18.7 Å². The van der Waals surface area contributed by atoms with E-state index in [4.69, 9.17) is 0 Å². The number of anilines is 3. The third-order valence-corrected chi connectivity index (χ3v) is 4.05. The minimum absolute atomic E-state index is 0.0655. The van der Waals surface area contributed by atoms with E-state index in [1.807, 2.05) is 26.0 Å². The van der Waals surface area contributed by atoms with Crippen molar-refractivity contribution in [2.75, 3.05) is 10.6 Å². The van der Waals surface area contributed by atoms with Crippen molar-refractivity contribution in [3.05, 3.63) is 76.6 Å². The highest BCUT2D eigenvalue weighted by Gasteiger charge is 2.14. The zero-order chi connectivity index (χ0) is 19.6. The molecule has 0 saturated carbocycles. The molecule has 0 bridgehead atoms. The highest BCUT2D eigenvalue weighted by atomic mass is 19.1. The van der Waals surface area contributed by atoms with E-state index in [0.717, 1.165) is 23.3 Å². The molecule has 0 aliphatic carbocycles. The quantitative estimate of drug-likeness (QED) is 0.702. The lowest BCUT2D eigenvalue weighted by Crippen LogP contribution is -2.16. The Kier molecular flexibility index (Phi) is 5.12. The lowest BCUT2D eigenvalue weighted by Gasteiger charge is -2.11. The van der Waals surface area contributed by atoms with Crippen molar-refractivity contribution >= 4 is 23.2 Å². The Morgan fingerprint density at radius 1 is 0.926 bits per heavy atom. The fraction of sp³-hybridized carbons (Fsp3) is 0.150. The van der Waals surface area contributed by atoms with E-state index in [0.29, 0.717) is 11.4 Å². The molecule has 1 aromatic heterocycles. The Hall–Kier alpha value is -3.35. The molecule has 27 heavy (non-hydrogen) atoms. The lowest BCUT2D eigenvalue weighted by atomic mass is 10.1. The summed E-state index contributed by atoms with van der Waals surface area (Å²) in [5.41, 5.74) is 2.99. The van der Waals surface area contributed by atoms with Gasteiger partial charge < -0.3 is 10.6 Å². The molecule has 0 radical (unpaired) electrons. The van der Waals surface area contributed by atoms with E-state index in [1.54, 1.807) is 13.0 Å². The normalized spacial score (nSPS) is 10.6. The monoisotopic (exact) mass is 368 g/mol. The Labute approximate surface area is 155 Å². The van der Waals surface area contributed by atoms with Crippen LogP contribution in [0, 0.1) is 32.4 Å². The van der Waals surface area contributed by atoms with Gasteiger partial charge in [0.25, 0.3) is 5.91 Å². The van der Waals surface area contributed by atoms with Gasteiger partial charge in [-0.3, -0.25) is 4.79 Å². The SMILES string of the molecule is Cc1cc(C(=O)Nc2ccc(C)c(C)c2)nc(Nc2c(F)cccc2F)n1. The van der Waals surface area contributed by atoms with Gasteiger partial charge in [-0.05, 0) is 62.2 Å². The molecule has 0 aliphatic rings. The first-order valence-electron chi connectivity index (χ1n) is 8.29. The van der Waals surface area contributed by atoms with Crippen LogP contribution in [-0.2, 0) is 0 Å². The molecule has 0 spiro atoms. The van der Waals surface area contributed by atoms with Crippen LogP contribution >= 0.6 is 0 Å². The van der Waals surface area contributed by atoms with Crippen LogP contribution < -0.4 is 10.6 Å². The van der Waals surface area contributed by atoms with E-state index in [1.165, 1.54) is 12.1 Å². The molecule has 7 heteroatoms. The minimum Gasteiger partial charge on any atom is -0.321 e. The maximum atomic E-state index is 13.8. The zero-order valence-corrected chi connectivity index (χ0v) is 15.1. The number of rotatable bonds is 4. The van der Waals surface area contributed by atoms with Crippen LogP contribution in [0.15, 0.2) is 42.5 Å². The van der Waals surface area contributed by atoms with Gasteiger partial charge in [0.2, 0.25) is 5.95 Å². The number of hydrogen-bond donors (Lipinski definition) is 2. The predicted molar refractivity (Wildman–Crippen MR) is 100 cm³/mol. The molecule has 3 rings (SSSR count). The second-order valence-corrected chi connectivity index (χ2v) is 6.19. The number of aromatic nitrogens is 2. The van der Waals surface area contributed by atoms with E-state index in [9.17, 15) is 13.6 Å². The lowest BCUT2D eigenvalue weighted by molar-refractivity contribution is 0.102. The number of hydrogen-bond acceptors (Lipinski definition) is 4. The zero-order valence-electron chi connectivity index (χ0n) is 15.1. The summed E-state index contributed by atoms with van der Waals surface area (Å²) in [6, 6.07) is 10.6. The van der Waals surface area contributed by atoms with E-state index < -0.39 is 17.5 Å². The molecule has 1 amide bonds. The van der Waals surface area contributed by atoms with Crippen molar-refractivity contribution in [3.63, 3.8) is 0 Å². The fourth-order valence-corrected chi connectivity index (χ4v) is 2.48. The molecule has 2 aromatic carbocycles. The molecule has 0 fully saturated rings. The molecule has 3 aromatic rings. The Morgan fingerprint density at radius 2 is 1.63 bits per heavy atom. The molecule has 2 N–H and O–H groups in total. The fourth-order valence-electron chi connectivity index (χ4n) is 2.48. The first-order valence-corrected chi connectivity index (χ1v) is 8.29. The van der Waals surface area contributed by atoms with Gasteiger partial charge in [0.05, 0.1) is 0 Å². The second kappa shape index (κ2) is 7.49. The van der Waals surface area contributed by atoms with Gasteiger partial charge >= 0.3 is 0 Å². The van der Waals surface area contributed by atoms with Gasteiger partial charge in [0.1, 0.15) is 23.0 Å². The number of nitrogens with one attached hydrogen (secondary N) is 2. The molecular weight excluding hydrogens is 350 g/mol. The van der Waals surface area contributed by atoms with Crippen molar-refractivity contribution in [3.8, 4) is 0 Å². The molecule has 1 heterocycles. The van der Waals surface area contributed by atoms with Crippen LogP contribution in [0.2, 0.25) is 0 Å². The molecule has 0 unspecified atom stereocenters. The van der Waals surface area contributed by atoms with E-state index >= 15 is 0 Å². The van der Waals surface area contributed by atoms with Crippen LogP contribution in [0.3, 0.4) is 0 Å². The van der Waals surface area contributed by atoms with Gasteiger partial charge in [-0.2, -0.15) is 0 Å². The molecular formula is C20H18F2N4O. The smallest absolute Gasteiger partial charge is 0.274 e. The topological polar surface area (TPSA) is 66.9 Å². The maximum absolute atomic E-state index is 13.8. The summed E-state index contributed by atoms with van der Waals surface area (Å²) in [6.07, 6.45) is 0. The van der Waals surface area contributed by atoms with Crippen LogP contribution in [0.5, 0.6) is 0 Å². The number of carbonyl (C=O) groups is 1. The largest absolute Gasteiger partial charge is 0.321 e. The van der Waals surface area contributed by atoms with Gasteiger partial charge in [0, 0.05) is 11.4 Å². The minimum atomic E-state index is -0.777. The Morgan fingerprint density at radius 3 is 2.30 bits per heavy atom. The van der Waals surface area contributed by atoms with Crippen LogP contribution in [0.25, 0.3) is 0 Å². The second-order valence-electron chi connectivity index (χ2n) is 6.19.